The summed E-state index contributed by atoms with van der Waals surface area (Å²) in [6.45, 7) is 3.93. The summed E-state index contributed by atoms with van der Waals surface area (Å²) in [5, 5.41) is 8.95. The second kappa shape index (κ2) is 6.07. The number of rotatable bonds is 5. The smallest absolute Gasteiger partial charge is 0.232 e. The Kier molecular flexibility index (Phi) is 5.00. The van der Waals surface area contributed by atoms with Crippen molar-refractivity contribution in [2.24, 2.45) is 5.92 Å². The highest BCUT2D eigenvalue weighted by molar-refractivity contribution is 7.92. The van der Waals surface area contributed by atoms with E-state index in [1.54, 1.807) is 0 Å². The van der Waals surface area contributed by atoms with Gasteiger partial charge in [-0.05, 0) is 30.5 Å². The highest BCUT2D eigenvalue weighted by Gasteiger charge is 2.12. The van der Waals surface area contributed by atoms with E-state index < -0.39 is 10.0 Å². The molecule has 0 bridgehead atoms. The normalized spacial score (nSPS) is 11.3. The van der Waals surface area contributed by atoms with Crippen LogP contribution >= 0.6 is 11.6 Å². The van der Waals surface area contributed by atoms with Crippen LogP contribution in [-0.4, -0.2) is 14.2 Å². The Morgan fingerprint density at radius 3 is 2.61 bits per heavy atom. The van der Waals surface area contributed by atoms with Gasteiger partial charge in [0, 0.05) is 0 Å². The molecule has 6 heteroatoms. The maximum atomic E-state index is 11.8. The molecule has 0 aromatic heterocycles. The van der Waals surface area contributed by atoms with Crippen LogP contribution in [0.4, 0.5) is 5.69 Å². The second-order valence-corrected chi connectivity index (χ2v) is 6.66. The van der Waals surface area contributed by atoms with Crippen LogP contribution < -0.4 is 4.72 Å². The number of nitrogens with one attached hydrogen (secondary N) is 1. The van der Waals surface area contributed by atoms with Crippen LogP contribution in [0.3, 0.4) is 0 Å². The lowest BCUT2D eigenvalue weighted by molar-refractivity contribution is 0.578. The summed E-state index contributed by atoms with van der Waals surface area (Å²) in [6, 6.07) is 6.37. The SMILES string of the molecule is CC(C)CCS(=O)(=O)Nc1ccc(C#N)c(Cl)c1. The van der Waals surface area contributed by atoms with Gasteiger partial charge in [0.25, 0.3) is 0 Å². The lowest BCUT2D eigenvalue weighted by Gasteiger charge is -2.09. The maximum absolute atomic E-state index is 11.8. The van der Waals surface area contributed by atoms with Gasteiger partial charge in [0.2, 0.25) is 10.0 Å². The zero-order chi connectivity index (χ0) is 13.8. The molecule has 4 nitrogen and oxygen atoms in total. The lowest BCUT2D eigenvalue weighted by Crippen LogP contribution is -2.17. The Bertz CT molecular complexity index is 562. The standard InChI is InChI=1S/C12H15ClN2O2S/c1-9(2)5-6-18(16,17)15-11-4-3-10(8-14)12(13)7-11/h3-4,7,9,15H,5-6H2,1-2H3. The molecule has 1 aromatic carbocycles. The van der Waals surface area contributed by atoms with E-state index in [0.717, 1.165) is 0 Å². The molecule has 0 saturated carbocycles. The number of hydrogen-bond acceptors (Lipinski definition) is 3. The van der Waals surface area contributed by atoms with Crippen molar-refractivity contribution >= 4 is 27.3 Å². The summed E-state index contributed by atoms with van der Waals surface area (Å²) < 4.78 is 25.9. The van der Waals surface area contributed by atoms with E-state index in [1.807, 2.05) is 19.9 Å². The Morgan fingerprint density at radius 1 is 1.44 bits per heavy atom. The van der Waals surface area contributed by atoms with E-state index in [4.69, 9.17) is 16.9 Å². The first kappa shape index (κ1) is 14.8. The first-order valence-corrected chi connectivity index (χ1v) is 7.57. The monoisotopic (exact) mass is 286 g/mol. The molecule has 0 aliphatic heterocycles. The van der Waals surface area contributed by atoms with Gasteiger partial charge in [-0.3, -0.25) is 4.72 Å². The first-order valence-electron chi connectivity index (χ1n) is 5.54. The minimum atomic E-state index is -3.36. The van der Waals surface area contributed by atoms with Crippen molar-refractivity contribution < 1.29 is 8.42 Å². The summed E-state index contributed by atoms with van der Waals surface area (Å²) in [5.41, 5.74) is 0.699. The number of nitrogens with zero attached hydrogens (tertiary/aromatic N) is 1. The Morgan fingerprint density at radius 2 is 2.11 bits per heavy atom. The van der Waals surface area contributed by atoms with Crippen LogP contribution in [0.15, 0.2) is 18.2 Å². The van der Waals surface area contributed by atoms with E-state index in [2.05, 4.69) is 4.72 Å². The molecular formula is C12H15ClN2O2S. The largest absolute Gasteiger partial charge is 0.284 e. The average Bonchev–Trinajstić information content (AvgIpc) is 2.26. The molecule has 1 N–H and O–H groups in total. The molecule has 0 atom stereocenters. The predicted molar refractivity (Wildman–Crippen MR) is 73.0 cm³/mol. The third-order valence-corrected chi connectivity index (χ3v) is 3.96. The third-order valence-electron chi connectivity index (χ3n) is 2.33. The Balaban J connectivity index is 2.79. The van der Waals surface area contributed by atoms with Crippen LogP contribution in [0.2, 0.25) is 5.02 Å². The van der Waals surface area contributed by atoms with Crippen LogP contribution in [0.5, 0.6) is 0 Å². The highest BCUT2D eigenvalue weighted by Crippen LogP contribution is 2.21. The number of nitriles is 1. The molecular weight excluding hydrogens is 272 g/mol. The quantitative estimate of drug-likeness (QED) is 0.904. The maximum Gasteiger partial charge on any atom is 0.232 e. The number of halogens is 1. The van der Waals surface area contributed by atoms with E-state index in [9.17, 15) is 8.42 Å². The molecule has 0 saturated heterocycles. The zero-order valence-corrected chi connectivity index (χ0v) is 11.8. The predicted octanol–water partition coefficient (Wildman–Crippen LogP) is 3.00. The minimum absolute atomic E-state index is 0.0717. The minimum Gasteiger partial charge on any atom is -0.284 e. The van der Waals surface area contributed by atoms with Crippen molar-refractivity contribution in [3.05, 3.63) is 28.8 Å². The van der Waals surface area contributed by atoms with Gasteiger partial charge in [0.15, 0.2) is 0 Å². The van der Waals surface area contributed by atoms with E-state index >= 15 is 0 Å². The summed E-state index contributed by atoms with van der Waals surface area (Å²) in [5.74, 6) is 0.397. The van der Waals surface area contributed by atoms with Crippen molar-refractivity contribution in [2.45, 2.75) is 20.3 Å². The molecule has 0 aliphatic carbocycles. The second-order valence-electron chi connectivity index (χ2n) is 4.41. The van der Waals surface area contributed by atoms with Crippen LogP contribution in [-0.2, 0) is 10.0 Å². The molecule has 0 unspecified atom stereocenters. The van der Waals surface area contributed by atoms with Crippen LogP contribution in [0.1, 0.15) is 25.8 Å². The van der Waals surface area contributed by atoms with Crippen molar-refractivity contribution in [1.29, 1.82) is 5.26 Å². The summed E-state index contributed by atoms with van der Waals surface area (Å²) in [7, 11) is -3.36. The van der Waals surface area contributed by atoms with Gasteiger partial charge in [-0.25, -0.2) is 8.42 Å². The number of benzene rings is 1. The zero-order valence-electron chi connectivity index (χ0n) is 10.3. The summed E-state index contributed by atoms with van der Waals surface area (Å²) in [6.07, 6.45) is 0.597. The molecule has 0 amide bonds. The molecule has 1 rings (SSSR count). The molecule has 0 aliphatic rings. The summed E-state index contributed by atoms with van der Waals surface area (Å²) >= 11 is 5.83. The van der Waals surface area contributed by atoms with E-state index in [1.165, 1.54) is 18.2 Å². The molecule has 0 fully saturated rings. The Hall–Kier alpha value is -1.25. The van der Waals surface area contributed by atoms with Crippen LogP contribution in [0.25, 0.3) is 0 Å². The fourth-order valence-electron chi connectivity index (χ4n) is 1.29. The van der Waals surface area contributed by atoms with Gasteiger partial charge in [-0.15, -0.1) is 0 Å². The van der Waals surface area contributed by atoms with Crippen molar-refractivity contribution in [3.63, 3.8) is 0 Å². The molecule has 98 valence electrons. The molecule has 18 heavy (non-hydrogen) atoms. The fourth-order valence-corrected chi connectivity index (χ4v) is 2.88. The van der Waals surface area contributed by atoms with Gasteiger partial charge in [-0.2, -0.15) is 5.26 Å². The van der Waals surface area contributed by atoms with Crippen molar-refractivity contribution in [1.82, 2.24) is 0 Å². The fraction of sp³-hybridized carbons (Fsp3) is 0.417. The summed E-state index contributed by atoms with van der Waals surface area (Å²) in [4.78, 5) is 0. The molecule has 0 spiro atoms. The number of anilines is 1. The number of hydrogen-bond donors (Lipinski definition) is 1. The molecule has 0 heterocycles. The van der Waals surface area contributed by atoms with Crippen LogP contribution in [0, 0.1) is 17.2 Å². The van der Waals surface area contributed by atoms with Crippen molar-refractivity contribution in [3.8, 4) is 6.07 Å². The average molecular weight is 287 g/mol. The lowest BCUT2D eigenvalue weighted by atomic mass is 10.2. The third kappa shape index (κ3) is 4.55. The van der Waals surface area contributed by atoms with Crippen molar-refractivity contribution in [2.75, 3.05) is 10.5 Å². The van der Waals surface area contributed by atoms with Gasteiger partial charge >= 0.3 is 0 Å². The first-order chi connectivity index (χ1) is 8.34. The van der Waals surface area contributed by atoms with E-state index in [0.29, 0.717) is 23.6 Å². The van der Waals surface area contributed by atoms with Gasteiger partial charge in [0.1, 0.15) is 6.07 Å². The van der Waals surface area contributed by atoms with Gasteiger partial charge in [-0.1, -0.05) is 25.4 Å². The highest BCUT2D eigenvalue weighted by atomic mass is 35.5. The van der Waals surface area contributed by atoms with E-state index in [-0.39, 0.29) is 10.8 Å². The number of sulfonamides is 1. The van der Waals surface area contributed by atoms with Gasteiger partial charge < -0.3 is 0 Å². The molecule has 0 radical (unpaired) electrons. The van der Waals surface area contributed by atoms with Gasteiger partial charge in [0.05, 0.1) is 22.0 Å². The molecule has 1 aromatic rings. The Labute approximate surface area is 113 Å². The topological polar surface area (TPSA) is 70.0 Å².